The van der Waals surface area contributed by atoms with Crippen molar-refractivity contribution in [1.82, 2.24) is 15.5 Å². The van der Waals surface area contributed by atoms with E-state index in [0.717, 1.165) is 69.8 Å². The first-order valence-corrected chi connectivity index (χ1v) is 11.3. The van der Waals surface area contributed by atoms with Crippen LogP contribution in [-0.2, 0) is 4.74 Å². The predicted octanol–water partition coefficient (Wildman–Crippen LogP) is 2.83. The van der Waals surface area contributed by atoms with Crippen LogP contribution in [0.15, 0.2) is 29.3 Å². The molecule has 0 aromatic heterocycles. The van der Waals surface area contributed by atoms with Crippen LogP contribution in [0.5, 0.6) is 0 Å². The normalized spacial score (nSPS) is 21.6. The number of rotatable bonds is 8. The van der Waals surface area contributed by atoms with Crippen molar-refractivity contribution in [2.45, 2.75) is 32.2 Å². The number of piperidine rings is 1. The molecule has 0 amide bonds. The summed E-state index contributed by atoms with van der Waals surface area (Å²) in [6.45, 7) is 10.1. The Kier molecular flexibility index (Phi) is 8.90. The zero-order chi connectivity index (χ0) is 20.5. The summed E-state index contributed by atoms with van der Waals surface area (Å²) in [6, 6.07) is 8.52. The molecule has 2 saturated heterocycles. The van der Waals surface area contributed by atoms with Crippen molar-refractivity contribution in [1.29, 1.82) is 0 Å². The summed E-state index contributed by atoms with van der Waals surface area (Å²) < 4.78 is 5.19. The van der Waals surface area contributed by atoms with Crippen LogP contribution in [0.1, 0.15) is 26.2 Å². The molecule has 1 aromatic rings. The number of guanidine groups is 1. The quantitative estimate of drug-likeness (QED) is 0.499. The van der Waals surface area contributed by atoms with Crippen LogP contribution in [0.25, 0.3) is 0 Å². The van der Waals surface area contributed by atoms with Crippen LogP contribution in [0.4, 0.5) is 5.69 Å². The van der Waals surface area contributed by atoms with E-state index < -0.39 is 0 Å². The molecule has 6 nitrogen and oxygen atoms in total. The molecule has 0 aliphatic carbocycles. The van der Waals surface area contributed by atoms with Crippen LogP contribution in [0.3, 0.4) is 0 Å². The fourth-order valence-electron chi connectivity index (χ4n) is 4.13. The average molecular weight is 422 g/mol. The van der Waals surface area contributed by atoms with Crippen LogP contribution in [0.2, 0.25) is 5.02 Å². The Labute approximate surface area is 180 Å². The van der Waals surface area contributed by atoms with Gasteiger partial charge >= 0.3 is 0 Å². The van der Waals surface area contributed by atoms with E-state index in [9.17, 15) is 0 Å². The molecule has 2 fully saturated rings. The molecule has 2 heterocycles. The van der Waals surface area contributed by atoms with Gasteiger partial charge in [-0.05, 0) is 63.4 Å². The van der Waals surface area contributed by atoms with Gasteiger partial charge in [0.1, 0.15) is 0 Å². The molecule has 7 heteroatoms. The van der Waals surface area contributed by atoms with Gasteiger partial charge in [0.15, 0.2) is 5.96 Å². The van der Waals surface area contributed by atoms with Gasteiger partial charge in [0.05, 0.1) is 6.61 Å². The minimum Gasteiger partial charge on any atom is -0.383 e. The van der Waals surface area contributed by atoms with E-state index in [0.29, 0.717) is 12.0 Å². The maximum absolute atomic E-state index is 6.15. The highest BCUT2D eigenvalue weighted by molar-refractivity contribution is 6.30. The second kappa shape index (κ2) is 11.6. The molecule has 1 aromatic carbocycles. The minimum absolute atomic E-state index is 0.405. The van der Waals surface area contributed by atoms with Crippen molar-refractivity contribution in [3.05, 3.63) is 29.3 Å². The average Bonchev–Trinajstić information content (AvgIpc) is 3.20. The second-order valence-electron chi connectivity index (χ2n) is 8.05. The molecule has 2 N–H and O–H groups in total. The Bertz CT molecular complexity index is 648. The van der Waals surface area contributed by atoms with Crippen LogP contribution < -0.4 is 15.5 Å². The predicted molar refractivity (Wildman–Crippen MR) is 122 cm³/mol. The van der Waals surface area contributed by atoms with Crippen molar-refractivity contribution in [2.24, 2.45) is 10.9 Å². The number of nitrogens with one attached hydrogen (secondary N) is 2. The standard InChI is InChI=1S/C22H36ClN5O/c1-3-24-22(25-16-18-7-10-27(11-8-18)13-14-29-2)26-20-9-12-28(17-20)21-6-4-5-19(23)15-21/h4-6,15,18,20H,3,7-14,16-17H2,1-2H3,(H2,24,25,26). The molecule has 1 unspecified atom stereocenters. The molecule has 3 rings (SSSR count). The van der Waals surface area contributed by atoms with Crippen molar-refractivity contribution < 1.29 is 4.74 Å². The van der Waals surface area contributed by atoms with Crippen molar-refractivity contribution in [3.63, 3.8) is 0 Å². The maximum Gasteiger partial charge on any atom is 0.191 e. The Morgan fingerprint density at radius 2 is 2.07 bits per heavy atom. The fraction of sp³-hybridized carbons (Fsp3) is 0.682. The van der Waals surface area contributed by atoms with Gasteiger partial charge in [-0.2, -0.15) is 0 Å². The molecular formula is C22H36ClN5O. The Hall–Kier alpha value is -1.50. The number of anilines is 1. The van der Waals surface area contributed by atoms with Crippen LogP contribution >= 0.6 is 11.6 Å². The SMILES string of the molecule is CCNC(=NCC1CCN(CCOC)CC1)NC1CCN(c2cccc(Cl)c2)C1. The fourth-order valence-corrected chi connectivity index (χ4v) is 4.32. The molecule has 162 valence electrons. The van der Waals surface area contributed by atoms with Gasteiger partial charge in [0.2, 0.25) is 0 Å². The van der Waals surface area contributed by atoms with E-state index in [-0.39, 0.29) is 0 Å². The van der Waals surface area contributed by atoms with Crippen molar-refractivity contribution >= 4 is 23.2 Å². The first-order valence-electron chi connectivity index (χ1n) is 10.9. The van der Waals surface area contributed by atoms with E-state index in [4.69, 9.17) is 21.3 Å². The number of hydrogen-bond acceptors (Lipinski definition) is 4. The molecule has 0 radical (unpaired) electrons. The van der Waals surface area contributed by atoms with E-state index >= 15 is 0 Å². The molecule has 1 atom stereocenters. The number of ether oxygens (including phenoxy) is 1. The lowest BCUT2D eigenvalue weighted by Gasteiger charge is -2.31. The molecule has 29 heavy (non-hydrogen) atoms. The first-order chi connectivity index (χ1) is 14.2. The summed E-state index contributed by atoms with van der Waals surface area (Å²) in [5.41, 5.74) is 1.20. The number of methoxy groups -OCH3 is 1. The summed E-state index contributed by atoms with van der Waals surface area (Å²) in [4.78, 5) is 9.80. The third-order valence-corrected chi connectivity index (χ3v) is 6.11. The van der Waals surface area contributed by atoms with Gasteiger partial charge in [-0.15, -0.1) is 0 Å². The first kappa shape index (κ1) is 22.2. The Balaban J connectivity index is 1.46. The zero-order valence-corrected chi connectivity index (χ0v) is 18.6. The topological polar surface area (TPSA) is 52.1 Å². The lowest BCUT2D eigenvalue weighted by molar-refractivity contribution is 0.121. The van der Waals surface area contributed by atoms with Gasteiger partial charge in [-0.1, -0.05) is 17.7 Å². The molecule has 0 spiro atoms. The van der Waals surface area contributed by atoms with Gasteiger partial charge in [0.25, 0.3) is 0 Å². The number of halogens is 1. The van der Waals surface area contributed by atoms with E-state index in [1.165, 1.54) is 18.5 Å². The monoisotopic (exact) mass is 421 g/mol. The maximum atomic E-state index is 6.15. The highest BCUT2D eigenvalue weighted by atomic mass is 35.5. The smallest absolute Gasteiger partial charge is 0.191 e. The molecule has 2 aliphatic rings. The summed E-state index contributed by atoms with van der Waals surface area (Å²) in [5, 5.41) is 7.86. The number of likely N-dealkylation sites (tertiary alicyclic amines) is 1. The summed E-state index contributed by atoms with van der Waals surface area (Å²) in [7, 11) is 1.77. The molecular weight excluding hydrogens is 386 g/mol. The highest BCUT2D eigenvalue weighted by Gasteiger charge is 2.24. The summed E-state index contributed by atoms with van der Waals surface area (Å²) >= 11 is 6.15. The van der Waals surface area contributed by atoms with Gasteiger partial charge in [0, 0.05) is 56.6 Å². The molecule has 0 bridgehead atoms. The summed E-state index contributed by atoms with van der Waals surface area (Å²) in [6.07, 6.45) is 3.55. The number of hydrogen-bond donors (Lipinski definition) is 2. The van der Waals surface area contributed by atoms with E-state index in [1.807, 2.05) is 18.2 Å². The van der Waals surface area contributed by atoms with Gasteiger partial charge < -0.3 is 25.2 Å². The zero-order valence-electron chi connectivity index (χ0n) is 17.9. The van der Waals surface area contributed by atoms with Gasteiger partial charge in [-0.25, -0.2) is 0 Å². The Morgan fingerprint density at radius 3 is 2.79 bits per heavy atom. The second-order valence-corrected chi connectivity index (χ2v) is 8.49. The molecule has 0 saturated carbocycles. The highest BCUT2D eigenvalue weighted by Crippen LogP contribution is 2.23. The third-order valence-electron chi connectivity index (χ3n) is 5.87. The number of nitrogens with zero attached hydrogens (tertiary/aromatic N) is 3. The lowest BCUT2D eigenvalue weighted by Crippen LogP contribution is -2.45. The third kappa shape index (κ3) is 7.05. The van der Waals surface area contributed by atoms with Crippen molar-refractivity contribution in [2.75, 3.05) is 64.4 Å². The largest absolute Gasteiger partial charge is 0.383 e. The summed E-state index contributed by atoms with van der Waals surface area (Å²) in [5.74, 6) is 1.63. The lowest BCUT2D eigenvalue weighted by atomic mass is 9.97. The number of aliphatic imine (C=N–C) groups is 1. The Morgan fingerprint density at radius 1 is 1.24 bits per heavy atom. The van der Waals surface area contributed by atoms with Crippen molar-refractivity contribution in [3.8, 4) is 0 Å². The van der Waals surface area contributed by atoms with Crippen LogP contribution in [-0.4, -0.2) is 76.4 Å². The molecule has 2 aliphatic heterocycles. The van der Waals surface area contributed by atoms with Crippen LogP contribution in [0, 0.1) is 5.92 Å². The van der Waals surface area contributed by atoms with E-state index in [2.05, 4.69) is 33.4 Å². The van der Waals surface area contributed by atoms with Gasteiger partial charge in [-0.3, -0.25) is 4.99 Å². The number of benzene rings is 1. The minimum atomic E-state index is 0.405. The van der Waals surface area contributed by atoms with E-state index in [1.54, 1.807) is 7.11 Å².